The van der Waals surface area contributed by atoms with Gasteiger partial charge in [0.25, 0.3) is 0 Å². The maximum absolute atomic E-state index is 12.4. The molecule has 0 N–H and O–H groups in total. The first-order chi connectivity index (χ1) is 9.92. The molecule has 1 aliphatic rings. The fourth-order valence-electron chi connectivity index (χ4n) is 2.47. The van der Waals surface area contributed by atoms with Crippen LogP contribution in [0.4, 0.5) is 19.0 Å². The maximum atomic E-state index is 12.4. The van der Waals surface area contributed by atoms with Crippen molar-refractivity contribution < 1.29 is 13.2 Å². The van der Waals surface area contributed by atoms with E-state index in [4.69, 9.17) is 0 Å². The Balaban J connectivity index is 1.75. The molecular formula is C12H13BrF3N5. The molecule has 0 amide bonds. The van der Waals surface area contributed by atoms with Crippen molar-refractivity contribution in [3.05, 3.63) is 23.2 Å². The number of halogens is 4. The second kappa shape index (κ2) is 5.45. The summed E-state index contributed by atoms with van der Waals surface area (Å²) in [7, 11) is 0. The van der Waals surface area contributed by atoms with Gasteiger partial charge in [-0.05, 0) is 15.9 Å². The number of nitrogens with zero attached hydrogens (tertiary/aromatic N) is 5. The van der Waals surface area contributed by atoms with Crippen molar-refractivity contribution in [3.63, 3.8) is 0 Å². The average Bonchev–Trinajstić information content (AvgIpc) is 2.85. The van der Waals surface area contributed by atoms with E-state index in [0.717, 1.165) is 0 Å². The number of alkyl halides is 3. The van der Waals surface area contributed by atoms with E-state index in [9.17, 15) is 13.2 Å². The molecule has 0 saturated carbocycles. The summed E-state index contributed by atoms with van der Waals surface area (Å²) in [4.78, 5) is 12.1. The molecule has 21 heavy (non-hydrogen) atoms. The Kier molecular flexibility index (Phi) is 3.78. The van der Waals surface area contributed by atoms with Gasteiger partial charge < -0.3 is 9.30 Å². The van der Waals surface area contributed by atoms with Crippen molar-refractivity contribution in [2.45, 2.75) is 6.18 Å². The van der Waals surface area contributed by atoms with E-state index >= 15 is 0 Å². The smallest absolute Gasteiger partial charge is 0.351 e. The van der Waals surface area contributed by atoms with Gasteiger partial charge in [0.1, 0.15) is 4.60 Å². The van der Waals surface area contributed by atoms with Crippen molar-refractivity contribution in [2.75, 3.05) is 37.6 Å². The molecule has 0 bridgehead atoms. The third-order valence-electron chi connectivity index (χ3n) is 3.40. The highest BCUT2D eigenvalue weighted by molar-refractivity contribution is 9.10. The summed E-state index contributed by atoms with van der Waals surface area (Å²) in [6.07, 6.45) is 1.14. The fourth-order valence-corrected chi connectivity index (χ4v) is 2.86. The zero-order valence-electron chi connectivity index (χ0n) is 11.0. The molecule has 3 heterocycles. The summed E-state index contributed by atoms with van der Waals surface area (Å²) in [6, 6.07) is 0. The van der Waals surface area contributed by atoms with Crippen LogP contribution in [0, 0.1) is 0 Å². The van der Waals surface area contributed by atoms with Crippen LogP contribution in [0.2, 0.25) is 0 Å². The lowest BCUT2D eigenvalue weighted by Gasteiger charge is -2.35. The van der Waals surface area contributed by atoms with Gasteiger partial charge in [-0.2, -0.15) is 13.2 Å². The second-order valence-corrected chi connectivity index (χ2v) is 5.74. The molecule has 2 aromatic rings. The van der Waals surface area contributed by atoms with Gasteiger partial charge in [0, 0.05) is 44.8 Å². The molecule has 2 aromatic heterocycles. The van der Waals surface area contributed by atoms with Crippen LogP contribution in [-0.2, 0) is 0 Å². The van der Waals surface area contributed by atoms with Crippen LogP contribution < -0.4 is 4.90 Å². The van der Waals surface area contributed by atoms with Crippen molar-refractivity contribution in [1.82, 2.24) is 19.3 Å². The number of rotatable bonds is 2. The average molecular weight is 364 g/mol. The van der Waals surface area contributed by atoms with E-state index in [1.165, 1.54) is 4.90 Å². The highest BCUT2D eigenvalue weighted by Gasteiger charge is 2.32. The quantitative estimate of drug-likeness (QED) is 0.819. The minimum Gasteiger partial charge on any atom is -0.351 e. The molecule has 0 aliphatic carbocycles. The van der Waals surface area contributed by atoms with Crippen molar-refractivity contribution >= 4 is 27.4 Å². The summed E-state index contributed by atoms with van der Waals surface area (Å²) < 4.78 is 39.7. The summed E-state index contributed by atoms with van der Waals surface area (Å²) in [6.45, 7) is 0.872. The summed E-state index contributed by atoms with van der Waals surface area (Å²) in [5, 5.41) is 0. The van der Waals surface area contributed by atoms with Crippen molar-refractivity contribution in [3.8, 4) is 0 Å². The molecule has 0 radical (unpaired) electrons. The molecular weight excluding hydrogens is 351 g/mol. The Morgan fingerprint density at radius 2 is 1.90 bits per heavy atom. The number of hydrogen-bond donors (Lipinski definition) is 0. The van der Waals surface area contributed by atoms with Crippen LogP contribution >= 0.6 is 15.9 Å². The van der Waals surface area contributed by atoms with Gasteiger partial charge in [0.15, 0.2) is 11.5 Å². The zero-order valence-corrected chi connectivity index (χ0v) is 12.6. The van der Waals surface area contributed by atoms with E-state index in [0.29, 0.717) is 42.2 Å². The first-order valence-corrected chi connectivity index (χ1v) is 7.25. The molecule has 0 atom stereocenters. The van der Waals surface area contributed by atoms with Crippen molar-refractivity contribution in [2.24, 2.45) is 0 Å². The Morgan fingerprint density at radius 1 is 1.19 bits per heavy atom. The highest BCUT2D eigenvalue weighted by Crippen LogP contribution is 2.23. The summed E-state index contributed by atoms with van der Waals surface area (Å²) >= 11 is 3.34. The van der Waals surface area contributed by atoms with Gasteiger partial charge in [-0.25, -0.2) is 9.97 Å². The van der Waals surface area contributed by atoms with E-state index in [1.807, 2.05) is 15.5 Å². The Labute approximate surface area is 127 Å². The number of hydrogen-bond acceptors (Lipinski definition) is 4. The third-order valence-corrected chi connectivity index (χ3v) is 3.78. The first-order valence-electron chi connectivity index (χ1n) is 6.46. The summed E-state index contributed by atoms with van der Waals surface area (Å²) in [5.74, 6) is 0.695. The Morgan fingerprint density at radius 3 is 2.57 bits per heavy atom. The van der Waals surface area contributed by atoms with E-state index in [1.54, 1.807) is 12.4 Å². The van der Waals surface area contributed by atoms with E-state index in [-0.39, 0.29) is 0 Å². The van der Waals surface area contributed by atoms with Gasteiger partial charge in [0.2, 0.25) is 0 Å². The van der Waals surface area contributed by atoms with Crippen LogP contribution in [0.1, 0.15) is 0 Å². The lowest BCUT2D eigenvalue weighted by Crippen LogP contribution is -2.49. The molecule has 1 saturated heterocycles. The van der Waals surface area contributed by atoms with Gasteiger partial charge in [-0.15, -0.1) is 0 Å². The highest BCUT2D eigenvalue weighted by atomic mass is 79.9. The second-order valence-electron chi connectivity index (χ2n) is 4.92. The van der Waals surface area contributed by atoms with Gasteiger partial charge in [-0.1, -0.05) is 0 Å². The standard InChI is InChI=1S/C12H13BrF3N5/c13-9-7-21-2-1-17-10(21)11(18-9)20-5-3-19(4-6-20)8-12(14,15)16/h1-2,7H,3-6,8H2. The number of fused-ring (bicyclic) bond motifs is 1. The number of imidazole rings is 1. The molecule has 1 aliphatic heterocycles. The lowest BCUT2D eigenvalue weighted by molar-refractivity contribution is -0.146. The molecule has 1 fully saturated rings. The minimum absolute atomic E-state index is 0.362. The van der Waals surface area contributed by atoms with Crippen LogP contribution in [0.5, 0.6) is 0 Å². The van der Waals surface area contributed by atoms with Gasteiger partial charge in [0.05, 0.1) is 6.54 Å². The molecule has 0 spiro atoms. The number of piperazine rings is 1. The van der Waals surface area contributed by atoms with Crippen LogP contribution in [0.25, 0.3) is 5.65 Å². The molecule has 3 rings (SSSR count). The monoisotopic (exact) mass is 363 g/mol. The Hall–Kier alpha value is -1.35. The fraction of sp³-hybridized carbons (Fsp3) is 0.500. The van der Waals surface area contributed by atoms with Gasteiger partial charge >= 0.3 is 6.18 Å². The first kappa shape index (κ1) is 14.6. The third kappa shape index (κ3) is 3.29. The lowest BCUT2D eigenvalue weighted by atomic mass is 10.3. The zero-order chi connectivity index (χ0) is 15.0. The maximum Gasteiger partial charge on any atom is 0.401 e. The minimum atomic E-state index is -4.15. The van der Waals surface area contributed by atoms with Crippen LogP contribution in [0.15, 0.2) is 23.2 Å². The Bertz CT molecular complexity index is 633. The number of aromatic nitrogens is 3. The molecule has 0 aromatic carbocycles. The van der Waals surface area contributed by atoms with Crippen molar-refractivity contribution in [1.29, 1.82) is 0 Å². The van der Waals surface area contributed by atoms with Crippen LogP contribution in [0.3, 0.4) is 0 Å². The molecule has 114 valence electrons. The normalized spacial score (nSPS) is 17.6. The topological polar surface area (TPSA) is 36.7 Å². The number of anilines is 1. The van der Waals surface area contributed by atoms with E-state index < -0.39 is 12.7 Å². The SMILES string of the molecule is FC(F)(F)CN1CCN(c2nc(Br)cn3ccnc23)CC1. The predicted molar refractivity (Wildman–Crippen MR) is 75.4 cm³/mol. The molecule has 5 nitrogen and oxygen atoms in total. The summed E-state index contributed by atoms with van der Waals surface area (Å²) in [5.41, 5.74) is 0.711. The van der Waals surface area contributed by atoms with Gasteiger partial charge in [-0.3, -0.25) is 4.90 Å². The predicted octanol–water partition coefficient (Wildman–Crippen LogP) is 2.18. The van der Waals surface area contributed by atoms with Crippen LogP contribution in [-0.4, -0.2) is 58.2 Å². The van der Waals surface area contributed by atoms with E-state index in [2.05, 4.69) is 25.9 Å². The molecule has 9 heteroatoms. The largest absolute Gasteiger partial charge is 0.401 e. The molecule has 0 unspecified atom stereocenters.